The lowest BCUT2D eigenvalue weighted by Gasteiger charge is -2.33. The van der Waals surface area contributed by atoms with Crippen LogP contribution in [0.5, 0.6) is 0 Å². The average Bonchev–Trinajstić information content (AvgIpc) is 2.78. The largest absolute Gasteiger partial charge is 0.380 e. The number of carbonyl (C=O) groups is 1. The molecule has 4 heteroatoms. The van der Waals surface area contributed by atoms with Crippen LogP contribution >= 0.6 is 0 Å². The van der Waals surface area contributed by atoms with Crippen LogP contribution in [-0.2, 0) is 9.53 Å². The van der Waals surface area contributed by atoms with Gasteiger partial charge in [-0.1, -0.05) is 6.08 Å². The molecule has 2 heterocycles. The number of rotatable bonds is 3. The fraction of sp³-hybridized carbons (Fsp3) is 0.769. The molecule has 1 unspecified atom stereocenters. The van der Waals surface area contributed by atoms with Crippen LogP contribution in [0.2, 0.25) is 0 Å². The van der Waals surface area contributed by atoms with E-state index in [4.69, 9.17) is 4.74 Å². The van der Waals surface area contributed by atoms with E-state index in [1.807, 2.05) is 4.90 Å². The molecule has 1 fully saturated rings. The van der Waals surface area contributed by atoms with Crippen LogP contribution in [0, 0.1) is 5.41 Å². The summed E-state index contributed by atoms with van der Waals surface area (Å²) in [5.74, 6) is 0.301. The molecule has 1 amide bonds. The van der Waals surface area contributed by atoms with Crippen molar-refractivity contribution >= 4 is 5.91 Å². The quantitative estimate of drug-likeness (QED) is 0.739. The van der Waals surface area contributed by atoms with E-state index in [0.717, 1.165) is 39.0 Å². The molecule has 4 nitrogen and oxygen atoms in total. The number of nitrogens with one attached hydrogen (secondary N) is 1. The van der Waals surface area contributed by atoms with Crippen molar-refractivity contribution in [3.63, 3.8) is 0 Å². The Morgan fingerprint density at radius 3 is 3.00 bits per heavy atom. The molecule has 1 atom stereocenters. The van der Waals surface area contributed by atoms with E-state index in [-0.39, 0.29) is 5.41 Å². The molecule has 1 saturated heterocycles. The molecule has 2 aliphatic rings. The second-order valence-corrected chi connectivity index (χ2v) is 5.28. The Kier molecular flexibility index (Phi) is 3.84. The predicted octanol–water partition coefficient (Wildman–Crippen LogP) is 0.791. The summed E-state index contributed by atoms with van der Waals surface area (Å²) in [5.41, 5.74) is 1.12. The van der Waals surface area contributed by atoms with Crippen LogP contribution in [0.15, 0.2) is 11.6 Å². The van der Waals surface area contributed by atoms with Gasteiger partial charge in [0, 0.05) is 26.7 Å². The molecule has 0 radical (unpaired) electrons. The minimum Gasteiger partial charge on any atom is -0.380 e. The number of methoxy groups -OCH3 is 1. The molecule has 0 aliphatic carbocycles. The number of ether oxygens (including phenoxy) is 1. The van der Waals surface area contributed by atoms with Gasteiger partial charge in [-0.2, -0.15) is 0 Å². The van der Waals surface area contributed by atoms with Crippen molar-refractivity contribution in [3.8, 4) is 0 Å². The molecular formula is C13H22N2O2. The lowest BCUT2D eigenvalue weighted by molar-refractivity contribution is -0.139. The molecular weight excluding hydrogens is 216 g/mol. The summed E-state index contributed by atoms with van der Waals surface area (Å²) < 4.78 is 5.11. The van der Waals surface area contributed by atoms with Crippen LogP contribution < -0.4 is 5.32 Å². The highest BCUT2D eigenvalue weighted by molar-refractivity contribution is 5.83. The van der Waals surface area contributed by atoms with E-state index in [0.29, 0.717) is 12.5 Å². The van der Waals surface area contributed by atoms with Gasteiger partial charge in [0.15, 0.2) is 0 Å². The maximum atomic E-state index is 12.4. The Balaban J connectivity index is 1.94. The number of hydrogen-bond acceptors (Lipinski definition) is 3. The molecule has 96 valence electrons. The fourth-order valence-electron chi connectivity index (χ4n) is 2.59. The van der Waals surface area contributed by atoms with E-state index in [1.54, 1.807) is 7.11 Å². The minimum atomic E-state index is -0.188. The van der Waals surface area contributed by atoms with Gasteiger partial charge in [0.25, 0.3) is 0 Å². The summed E-state index contributed by atoms with van der Waals surface area (Å²) in [4.78, 5) is 14.4. The zero-order chi connectivity index (χ0) is 12.3. The third-order valence-electron chi connectivity index (χ3n) is 3.81. The second kappa shape index (κ2) is 5.19. The van der Waals surface area contributed by atoms with Crippen LogP contribution in [0.3, 0.4) is 0 Å². The molecule has 0 bridgehead atoms. The number of amides is 1. The Labute approximate surface area is 103 Å². The Hall–Kier alpha value is -0.870. The summed E-state index contributed by atoms with van der Waals surface area (Å²) in [5, 5.41) is 3.28. The van der Waals surface area contributed by atoms with Gasteiger partial charge in [0.05, 0.1) is 12.0 Å². The van der Waals surface area contributed by atoms with Crippen molar-refractivity contribution in [3.05, 3.63) is 11.6 Å². The normalized spacial score (nSPS) is 29.3. The van der Waals surface area contributed by atoms with Gasteiger partial charge in [0.2, 0.25) is 5.91 Å². The van der Waals surface area contributed by atoms with Gasteiger partial charge < -0.3 is 15.0 Å². The highest BCUT2D eigenvalue weighted by Gasteiger charge is 2.39. The fourth-order valence-corrected chi connectivity index (χ4v) is 2.59. The smallest absolute Gasteiger partial charge is 0.230 e. The Bertz CT molecular complexity index is 319. The molecule has 2 rings (SSSR count). The summed E-state index contributed by atoms with van der Waals surface area (Å²) >= 11 is 0. The van der Waals surface area contributed by atoms with E-state index < -0.39 is 0 Å². The number of carbonyl (C=O) groups excluding carboxylic acids is 1. The molecule has 0 aromatic rings. The van der Waals surface area contributed by atoms with E-state index in [1.165, 1.54) is 5.57 Å². The topological polar surface area (TPSA) is 41.6 Å². The molecule has 0 aromatic carbocycles. The van der Waals surface area contributed by atoms with Crippen molar-refractivity contribution in [2.24, 2.45) is 5.41 Å². The lowest BCUT2D eigenvalue weighted by atomic mass is 9.87. The monoisotopic (exact) mass is 238 g/mol. The average molecular weight is 238 g/mol. The van der Waals surface area contributed by atoms with Crippen molar-refractivity contribution < 1.29 is 9.53 Å². The first-order valence-electron chi connectivity index (χ1n) is 6.33. The first kappa shape index (κ1) is 12.6. The molecule has 1 N–H and O–H groups in total. The summed E-state index contributed by atoms with van der Waals surface area (Å²) in [6, 6.07) is 0. The van der Waals surface area contributed by atoms with Gasteiger partial charge in [-0.25, -0.2) is 0 Å². The highest BCUT2D eigenvalue weighted by Crippen LogP contribution is 2.28. The molecule has 0 aromatic heterocycles. The number of hydrogen-bond donors (Lipinski definition) is 1. The molecule has 0 spiro atoms. The SMILES string of the molecule is COCC1=CCN(C(=O)C2(C)CCNC2)CC1. The van der Waals surface area contributed by atoms with Crippen LogP contribution in [0.25, 0.3) is 0 Å². The van der Waals surface area contributed by atoms with Crippen molar-refractivity contribution in [2.75, 3.05) is 39.9 Å². The third-order valence-corrected chi connectivity index (χ3v) is 3.81. The van der Waals surface area contributed by atoms with Gasteiger partial charge in [-0.15, -0.1) is 0 Å². The van der Waals surface area contributed by atoms with Crippen LogP contribution in [0.1, 0.15) is 19.8 Å². The molecule has 2 aliphatic heterocycles. The van der Waals surface area contributed by atoms with Crippen molar-refractivity contribution in [1.82, 2.24) is 10.2 Å². The lowest BCUT2D eigenvalue weighted by Crippen LogP contribution is -2.45. The zero-order valence-corrected chi connectivity index (χ0v) is 10.8. The van der Waals surface area contributed by atoms with Gasteiger partial charge in [-0.3, -0.25) is 4.79 Å². The summed E-state index contributed by atoms with van der Waals surface area (Å²) in [7, 11) is 1.71. The van der Waals surface area contributed by atoms with Crippen molar-refractivity contribution in [1.29, 1.82) is 0 Å². The predicted molar refractivity (Wildman–Crippen MR) is 66.7 cm³/mol. The third kappa shape index (κ3) is 2.69. The van der Waals surface area contributed by atoms with Crippen LogP contribution in [-0.4, -0.2) is 50.7 Å². The zero-order valence-electron chi connectivity index (χ0n) is 10.8. The minimum absolute atomic E-state index is 0.188. The number of nitrogens with zero attached hydrogens (tertiary/aromatic N) is 1. The molecule has 0 saturated carbocycles. The van der Waals surface area contributed by atoms with Crippen molar-refractivity contribution in [2.45, 2.75) is 19.8 Å². The van der Waals surface area contributed by atoms with E-state index in [9.17, 15) is 4.79 Å². The van der Waals surface area contributed by atoms with E-state index in [2.05, 4.69) is 18.3 Å². The second-order valence-electron chi connectivity index (χ2n) is 5.28. The first-order valence-corrected chi connectivity index (χ1v) is 6.33. The van der Waals surface area contributed by atoms with E-state index >= 15 is 0 Å². The van der Waals surface area contributed by atoms with Crippen LogP contribution in [0.4, 0.5) is 0 Å². The highest BCUT2D eigenvalue weighted by atomic mass is 16.5. The standard InChI is InChI=1S/C13H22N2O2/c1-13(5-6-14-10-13)12(16)15-7-3-11(4-8-15)9-17-2/h3,14H,4-10H2,1-2H3. The maximum Gasteiger partial charge on any atom is 0.230 e. The first-order chi connectivity index (χ1) is 8.15. The maximum absolute atomic E-state index is 12.4. The summed E-state index contributed by atoms with van der Waals surface area (Å²) in [6.07, 6.45) is 4.04. The van der Waals surface area contributed by atoms with Gasteiger partial charge >= 0.3 is 0 Å². The molecule has 17 heavy (non-hydrogen) atoms. The summed E-state index contributed by atoms with van der Waals surface area (Å²) in [6.45, 7) is 6.12. The van der Waals surface area contributed by atoms with Gasteiger partial charge in [-0.05, 0) is 31.9 Å². The Morgan fingerprint density at radius 2 is 2.47 bits per heavy atom. The Morgan fingerprint density at radius 1 is 1.65 bits per heavy atom. The van der Waals surface area contributed by atoms with Gasteiger partial charge in [0.1, 0.15) is 0 Å².